The zero-order chi connectivity index (χ0) is 18.4. The first-order valence-electron chi connectivity index (χ1n) is 8.91. The number of ether oxygens (including phenoxy) is 2. The Morgan fingerprint density at radius 3 is 2.62 bits per heavy atom. The van der Waals surface area contributed by atoms with Gasteiger partial charge in [-0.15, -0.1) is 0 Å². The van der Waals surface area contributed by atoms with Gasteiger partial charge in [0, 0.05) is 18.5 Å². The lowest BCUT2D eigenvalue weighted by atomic mass is 9.95. The normalized spacial score (nSPS) is 17.7. The molecule has 0 bridgehead atoms. The van der Waals surface area contributed by atoms with E-state index < -0.39 is 0 Å². The third-order valence-corrected chi connectivity index (χ3v) is 4.35. The van der Waals surface area contributed by atoms with Crippen LogP contribution in [0.25, 0.3) is 0 Å². The Bertz CT molecular complexity index is 741. The zero-order valence-electron chi connectivity index (χ0n) is 15.6. The zero-order valence-corrected chi connectivity index (χ0v) is 15.6. The number of methoxy groups -OCH3 is 1. The lowest BCUT2D eigenvalue weighted by molar-refractivity contribution is 0.131. The maximum absolute atomic E-state index is 6.20. The van der Waals surface area contributed by atoms with Gasteiger partial charge >= 0.3 is 0 Å². The molecule has 3 rings (SSSR count). The number of para-hydroxylation sites is 1. The molecule has 26 heavy (non-hydrogen) atoms. The minimum Gasteiger partial charge on any atom is -0.497 e. The van der Waals surface area contributed by atoms with Crippen LogP contribution in [0.5, 0.6) is 11.5 Å². The molecule has 5 heteroatoms. The molecule has 0 amide bonds. The molecule has 2 aromatic carbocycles. The molecular formula is C21H26N2O3. The topological polar surface area (TPSA) is 43.3 Å². The third-order valence-electron chi connectivity index (χ3n) is 4.35. The number of rotatable bonds is 7. The number of hydrogen-bond donors (Lipinski definition) is 0. The summed E-state index contributed by atoms with van der Waals surface area (Å²) in [5.74, 6) is 1.68. The summed E-state index contributed by atoms with van der Waals surface area (Å²) in [6, 6.07) is 16.0. The first kappa shape index (κ1) is 18.3. The maximum Gasteiger partial charge on any atom is 0.129 e. The van der Waals surface area contributed by atoms with Crippen LogP contribution in [0.15, 0.2) is 53.7 Å². The standard InChI is InChI=1S/C21H26N2O3/c1-23(2)13-6-14-25-22-19-15-21(16-9-11-17(24-3)12-10-16)26-20-8-5-4-7-18(19)20/h4-5,7-12,21H,6,13-15H2,1-3H3/b22-19+. The van der Waals surface area contributed by atoms with E-state index in [1.807, 2.05) is 48.5 Å². The van der Waals surface area contributed by atoms with E-state index >= 15 is 0 Å². The molecule has 138 valence electrons. The van der Waals surface area contributed by atoms with Gasteiger partial charge in [0.25, 0.3) is 0 Å². The van der Waals surface area contributed by atoms with E-state index in [2.05, 4.69) is 24.2 Å². The van der Waals surface area contributed by atoms with Crippen molar-refractivity contribution in [3.63, 3.8) is 0 Å². The van der Waals surface area contributed by atoms with Crippen LogP contribution in [-0.4, -0.2) is 45.0 Å². The Kier molecular flexibility index (Phi) is 6.12. The molecule has 1 heterocycles. The fraction of sp³-hybridized carbons (Fsp3) is 0.381. The SMILES string of the molecule is COc1ccc(C2C/C(=N\OCCCN(C)C)c3ccccc3O2)cc1. The minimum absolute atomic E-state index is 0.0834. The average molecular weight is 354 g/mol. The quantitative estimate of drug-likeness (QED) is 0.559. The number of fused-ring (bicyclic) bond motifs is 1. The van der Waals surface area contributed by atoms with E-state index in [1.165, 1.54) is 0 Å². The van der Waals surface area contributed by atoms with Crippen LogP contribution in [0, 0.1) is 0 Å². The van der Waals surface area contributed by atoms with Crippen LogP contribution in [0.3, 0.4) is 0 Å². The van der Waals surface area contributed by atoms with Gasteiger partial charge in [0.15, 0.2) is 0 Å². The van der Waals surface area contributed by atoms with Gasteiger partial charge in [-0.2, -0.15) is 0 Å². The van der Waals surface area contributed by atoms with Crippen molar-refractivity contribution in [1.29, 1.82) is 0 Å². The van der Waals surface area contributed by atoms with Gasteiger partial charge in [0.05, 0.1) is 12.8 Å². The van der Waals surface area contributed by atoms with E-state index in [0.29, 0.717) is 13.0 Å². The second kappa shape index (κ2) is 8.72. The van der Waals surface area contributed by atoms with Crippen molar-refractivity contribution >= 4 is 5.71 Å². The number of oxime groups is 1. The van der Waals surface area contributed by atoms with Crippen molar-refractivity contribution in [2.24, 2.45) is 5.16 Å². The highest BCUT2D eigenvalue weighted by Gasteiger charge is 2.26. The van der Waals surface area contributed by atoms with Gasteiger partial charge < -0.3 is 19.2 Å². The summed E-state index contributed by atoms with van der Waals surface area (Å²) in [6.45, 7) is 1.59. The summed E-state index contributed by atoms with van der Waals surface area (Å²) in [5, 5.41) is 4.42. The molecule has 0 radical (unpaired) electrons. The number of nitrogens with zero attached hydrogens (tertiary/aromatic N) is 2. The molecule has 0 aromatic heterocycles. The molecule has 0 spiro atoms. The lowest BCUT2D eigenvalue weighted by Crippen LogP contribution is -2.21. The Balaban J connectivity index is 1.75. The summed E-state index contributed by atoms with van der Waals surface area (Å²) in [4.78, 5) is 7.73. The van der Waals surface area contributed by atoms with Gasteiger partial charge in [-0.25, -0.2) is 0 Å². The minimum atomic E-state index is -0.0834. The van der Waals surface area contributed by atoms with Crippen molar-refractivity contribution in [3.05, 3.63) is 59.7 Å². The van der Waals surface area contributed by atoms with E-state index in [-0.39, 0.29) is 6.10 Å². The van der Waals surface area contributed by atoms with Gasteiger partial charge in [0.1, 0.15) is 24.2 Å². The molecule has 1 aliphatic rings. The monoisotopic (exact) mass is 354 g/mol. The molecule has 1 unspecified atom stereocenters. The van der Waals surface area contributed by atoms with E-state index in [4.69, 9.17) is 14.3 Å². The Hall–Kier alpha value is -2.53. The molecule has 0 N–H and O–H groups in total. The number of benzene rings is 2. The summed E-state index contributed by atoms with van der Waals surface area (Å²) in [7, 11) is 5.78. The van der Waals surface area contributed by atoms with Crippen LogP contribution in [0.4, 0.5) is 0 Å². The second-order valence-electron chi connectivity index (χ2n) is 6.61. The molecule has 2 aromatic rings. The molecule has 0 saturated carbocycles. The van der Waals surface area contributed by atoms with Crippen LogP contribution in [0.1, 0.15) is 30.1 Å². The summed E-state index contributed by atoms with van der Waals surface area (Å²) >= 11 is 0. The molecular weight excluding hydrogens is 328 g/mol. The summed E-state index contributed by atoms with van der Waals surface area (Å²) in [6.07, 6.45) is 1.54. The number of hydrogen-bond acceptors (Lipinski definition) is 5. The maximum atomic E-state index is 6.20. The lowest BCUT2D eigenvalue weighted by Gasteiger charge is -2.27. The fourth-order valence-corrected chi connectivity index (χ4v) is 2.95. The molecule has 1 aliphatic heterocycles. The second-order valence-corrected chi connectivity index (χ2v) is 6.61. The molecule has 0 aliphatic carbocycles. The van der Waals surface area contributed by atoms with Crippen LogP contribution in [0.2, 0.25) is 0 Å². The highest BCUT2D eigenvalue weighted by Crippen LogP contribution is 2.35. The van der Waals surface area contributed by atoms with Crippen molar-refractivity contribution in [3.8, 4) is 11.5 Å². The van der Waals surface area contributed by atoms with E-state index in [9.17, 15) is 0 Å². The predicted octanol–water partition coefficient (Wildman–Crippen LogP) is 3.89. The van der Waals surface area contributed by atoms with Gasteiger partial charge in [-0.1, -0.05) is 29.4 Å². The first-order valence-corrected chi connectivity index (χ1v) is 8.91. The largest absolute Gasteiger partial charge is 0.497 e. The predicted molar refractivity (Wildman–Crippen MR) is 103 cm³/mol. The highest BCUT2D eigenvalue weighted by atomic mass is 16.6. The Morgan fingerprint density at radius 1 is 1.12 bits per heavy atom. The van der Waals surface area contributed by atoms with Crippen molar-refractivity contribution in [2.45, 2.75) is 18.9 Å². The molecule has 5 nitrogen and oxygen atoms in total. The van der Waals surface area contributed by atoms with E-state index in [0.717, 1.165) is 41.3 Å². The highest BCUT2D eigenvalue weighted by molar-refractivity contribution is 6.03. The Labute approximate surface area is 155 Å². The van der Waals surface area contributed by atoms with Crippen LogP contribution < -0.4 is 9.47 Å². The smallest absolute Gasteiger partial charge is 0.129 e. The molecule has 1 atom stereocenters. The van der Waals surface area contributed by atoms with Gasteiger partial charge in [0.2, 0.25) is 0 Å². The van der Waals surface area contributed by atoms with Gasteiger partial charge in [-0.3, -0.25) is 0 Å². The average Bonchev–Trinajstić information content (AvgIpc) is 2.67. The van der Waals surface area contributed by atoms with Gasteiger partial charge in [-0.05, 0) is 50.3 Å². The summed E-state index contributed by atoms with van der Waals surface area (Å²) in [5.41, 5.74) is 3.03. The first-order chi connectivity index (χ1) is 12.7. The molecule has 0 fully saturated rings. The molecule has 0 saturated heterocycles. The third kappa shape index (κ3) is 4.55. The van der Waals surface area contributed by atoms with Crippen LogP contribution in [-0.2, 0) is 4.84 Å². The Morgan fingerprint density at radius 2 is 1.88 bits per heavy atom. The van der Waals surface area contributed by atoms with Crippen molar-refractivity contribution in [2.75, 3.05) is 34.4 Å². The fourth-order valence-electron chi connectivity index (χ4n) is 2.95. The van der Waals surface area contributed by atoms with E-state index in [1.54, 1.807) is 7.11 Å². The van der Waals surface area contributed by atoms with Crippen molar-refractivity contribution < 1.29 is 14.3 Å². The van der Waals surface area contributed by atoms with Crippen molar-refractivity contribution in [1.82, 2.24) is 4.90 Å². The van der Waals surface area contributed by atoms with Crippen LogP contribution >= 0.6 is 0 Å². The summed E-state index contributed by atoms with van der Waals surface area (Å²) < 4.78 is 11.4.